The smallest absolute Gasteiger partial charge is 0.134 e. The zero-order valence-corrected chi connectivity index (χ0v) is 10.5. The molecule has 1 aromatic rings. The molecule has 88 valence electrons. The highest BCUT2D eigenvalue weighted by Gasteiger charge is 2.23. The van der Waals surface area contributed by atoms with Crippen LogP contribution < -0.4 is 4.90 Å². The minimum Gasteiger partial charge on any atom is -0.351 e. The van der Waals surface area contributed by atoms with Gasteiger partial charge in [0.15, 0.2) is 0 Å². The molecule has 1 atom stereocenters. The molecule has 1 saturated heterocycles. The van der Waals surface area contributed by atoms with Crippen LogP contribution in [-0.2, 0) is 0 Å². The van der Waals surface area contributed by atoms with Crippen molar-refractivity contribution in [3.63, 3.8) is 0 Å². The van der Waals surface area contributed by atoms with Crippen molar-refractivity contribution in [3.8, 4) is 0 Å². The molecule has 2 rings (SSSR count). The van der Waals surface area contributed by atoms with Gasteiger partial charge in [-0.3, -0.25) is 4.90 Å². The number of halogens is 1. The van der Waals surface area contributed by atoms with Crippen molar-refractivity contribution in [3.05, 3.63) is 17.5 Å². The molecular formula is C11H17ClN4. The summed E-state index contributed by atoms with van der Waals surface area (Å²) in [6.07, 6.45) is 1.52. The topological polar surface area (TPSA) is 32.3 Å². The molecule has 1 aromatic heterocycles. The maximum Gasteiger partial charge on any atom is 0.134 e. The third-order valence-electron chi connectivity index (χ3n) is 3.07. The number of rotatable bonds is 2. The van der Waals surface area contributed by atoms with Gasteiger partial charge in [0, 0.05) is 31.7 Å². The van der Waals surface area contributed by atoms with Gasteiger partial charge in [-0.1, -0.05) is 18.5 Å². The Bertz CT molecular complexity index is 358. The number of hydrogen-bond acceptors (Lipinski definition) is 4. The van der Waals surface area contributed by atoms with Crippen molar-refractivity contribution in [2.45, 2.75) is 19.9 Å². The molecule has 1 aliphatic heterocycles. The molecule has 4 nitrogen and oxygen atoms in total. The Kier molecular flexibility index (Phi) is 3.61. The lowest BCUT2D eigenvalue weighted by atomic mass is 10.2. The molecule has 0 saturated carbocycles. The summed E-state index contributed by atoms with van der Waals surface area (Å²) in [7, 11) is 0. The highest BCUT2D eigenvalue weighted by atomic mass is 35.5. The zero-order chi connectivity index (χ0) is 11.5. The summed E-state index contributed by atoms with van der Waals surface area (Å²) in [5.41, 5.74) is 0. The Morgan fingerprint density at radius 2 is 2.25 bits per heavy atom. The summed E-state index contributed by atoms with van der Waals surface area (Å²) in [6, 6.07) is 2.30. The van der Waals surface area contributed by atoms with Gasteiger partial charge in [0.05, 0.1) is 0 Å². The van der Waals surface area contributed by atoms with Crippen LogP contribution in [0.1, 0.15) is 13.8 Å². The normalized spacial score (nSPS) is 22.4. The number of hydrogen-bond donors (Lipinski definition) is 0. The number of aromatic nitrogens is 2. The molecule has 0 unspecified atom stereocenters. The summed E-state index contributed by atoms with van der Waals surface area (Å²) >= 11 is 5.88. The maximum absolute atomic E-state index is 5.88. The van der Waals surface area contributed by atoms with Gasteiger partial charge in [0.1, 0.15) is 17.3 Å². The maximum atomic E-state index is 5.88. The van der Waals surface area contributed by atoms with Crippen LogP contribution in [0.5, 0.6) is 0 Å². The van der Waals surface area contributed by atoms with E-state index in [0.29, 0.717) is 11.2 Å². The van der Waals surface area contributed by atoms with Crippen molar-refractivity contribution in [2.75, 3.05) is 31.1 Å². The molecule has 16 heavy (non-hydrogen) atoms. The van der Waals surface area contributed by atoms with Gasteiger partial charge in [-0.25, -0.2) is 9.97 Å². The van der Waals surface area contributed by atoms with Gasteiger partial charge in [-0.15, -0.1) is 0 Å². The fourth-order valence-corrected chi connectivity index (χ4v) is 2.28. The van der Waals surface area contributed by atoms with Gasteiger partial charge in [-0.2, -0.15) is 0 Å². The van der Waals surface area contributed by atoms with E-state index in [2.05, 4.69) is 33.6 Å². The molecule has 0 bridgehead atoms. The third kappa shape index (κ3) is 2.44. The molecule has 0 aromatic carbocycles. The van der Waals surface area contributed by atoms with E-state index in [0.717, 1.165) is 32.0 Å². The lowest BCUT2D eigenvalue weighted by Gasteiger charge is -2.40. The Morgan fingerprint density at radius 1 is 1.44 bits per heavy atom. The number of piperazine rings is 1. The van der Waals surface area contributed by atoms with Crippen LogP contribution in [0.25, 0.3) is 0 Å². The van der Waals surface area contributed by atoms with Crippen LogP contribution in [0.2, 0.25) is 5.15 Å². The molecule has 2 heterocycles. The Labute approximate surface area is 101 Å². The predicted molar refractivity (Wildman–Crippen MR) is 66.0 cm³/mol. The van der Waals surface area contributed by atoms with Crippen LogP contribution in [-0.4, -0.2) is 47.1 Å². The minimum atomic E-state index is 0.472. The Morgan fingerprint density at radius 3 is 2.88 bits per heavy atom. The van der Waals surface area contributed by atoms with Crippen molar-refractivity contribution < 1.29 is 0 Å². The Hall–Kier alpha value is -0.870. The van der Waals surface area contributed by atoms with Gasteiger partial charge in [0.25, 0.3) is 0 Å². The first kappa shape index (κ1) is 11.6. The first-order valence-electron chi connectivity index (χ1n) is 5.67. The van der Waals surface area contributed by atoms with E-state index in [4.69, 9.17) is 11.6 Å². The van der Waals surface area contributed by atoms with E-state index in [1.54, 1.807) is 0 Å². The standard InChI is InChI=1S/C11H17ClN4/c1-3-15-4-5-16(9(2)7-15)11-6-10(12)13-8-14-11/h6,8-9H,3-5,7H2,1-2H3/t9-/m0/s1. The highest BCUT2D eigenvalue weighted by Crippen LogP contribution is 2.19. The number of likely N-dealkylation sites (N-methyl/N-ethyl adjacent to an activating group) is 1. The van der Waals surface area contributed by atoms with Gasteiger partial charge in [0.2, 0.25) is 0 Å². The minimum absolute atomic E-state index is 0.472. The molecule has 1 aliphatic rings. The predicted octanol–water partition coefficient (Wildman–Crippen LogP) is 1.66. The second-order valence-corrected chi connectivity index (χ2v) is 4.52. The second-order valence-electron chi connectivity index (χ2n) is 4.13. The first-order chi connectivity index (χ1) is 7.70. The quantitative estimate of drug-likeness (QED) is 0.736. The molecular weight excluding hydrogens is 224 g/mol. The van der Waals surface area contributed by atoms with Gasteiger partial charge < -0.3 is 4.90 Å². The van der Waals surface area contributed by atoms with E-state index in [1.807, 2.05) is 6.07 Å². The first-order valence-corrected chi connectivity index (χ1v) is 6.05. The van der Waals surface area contributed by atoms with Crippen molar-refractivity contribution in [1.29, 1.82) is 0 Å². The second kappa shape index (κ2) is 4.97. The summed E-state index contributed by atoms with van der Waals surface area (Å²) in [6.45, 7) is 8.70. The van der Waals surface area contributed by atoms with E-state index >= 15 is 0 Å². The van der Waals surface area contributed by atoms with Gasteiger partial charge in [-0.05, 0) is 13.5 Å². The van der Waals surface area contributed by atoms with Crippen LogP contribution in [0, 0.1) is 0 Å². The molecule has 0 spiro atoms. The number of nitrogens with zero attached hydrogens (tertiary/aromatic N) is 4. The molecule has 0 N–H and O–H groups in total. The fourth-order valence-electron chi connectivity index (χ4n) is 2.14. The third-order valence-corrected chi connectivity index (χ3v) is 3.28. The molecule has 1 fully saturated rings. The van der Waals surface area contributed by atoms with Crippen molar-refractivity contribution >= 4 is 17.4 Å². The van der Waals surface area contributed by atoms with E-state index < -0.39 is 0 Å². The summed E-state index contributed by atoms with van der Waals surface area (Å²) < 4.78 is 0. The lowest BCUT2D eigenvalue weighted by molar-refractivity contribution is 0.239. The summed E-state index contributed by atoms with van der Waals surface area (Å²) in [4.78, 5) is 12.9. The van der Waals surface area contributed by atoms with Crippen molar-refractivity contribution in [2.24, 2.45) is 0 Å². The average molecular weight is 241 g/mol. The highest BCUT2D eigenvalue weighted by molar-refractivity contribution is 6.29. The van der Waals surface area contributed by atoms with E-state index in [1.165, 1.54) is 6.33 Å². The van der Waals surface area contributed by atoms with Crippen LogP contribution in [0.4, 0.5) is 5.82 Å². The van der Waals surface area contributed by atoms with Gasteiger partial charge >= 0.3 is 0 Å². The van der Waals surface area contributed by atoms with E-state index in [9.17, 15) is 0 Å². The molecule has 0 radical (unpaired) electrons. The fraction of sp³-hybridized carbons (Fsp3) is 0.636. The van der Waals surface area contributed by atoms with Crippen LogP contribution >= 0.6 is 11.6 Å². The van der Waals surface area contributed by atoms with Crippen LogP contribution in [0.15, 0.2) is 12.4 Å². The zero-order valence-electron chi connectivity index (χ0n) is 9.73. The van der Waals surface area contributed by atoms with Crippen LogP contribution in [0.3, 0.4) is 0 Å². The molecule has 0 amide bonds. The Balaban J connectivity index is 2.11. The SMILES string of the molecule is CCN1CCN(c2cc(Cl)ncn2)[C@@H](C)C1. The molecule has 5 heteroatoms. The summed E-state index contributed by atoms with van der Waals surface area (Å²) in [5, 5.41) is 0.509. The summed E-state index contributed by atoms with van der Waals surface area (Å²) in [5.74, 6) is 0.934. The monoisotopic (exact) mass is 240 g/mol. The van der Waals surface area contributed by atoms with E-state index in [-0.39, 0.29) is 0 Å². The number of anilines is 1. The molecule has 0 aliphatic carbocycles. The largest absolute Gasteiger partial charge is 0.351 e. The average Bonchev–Trinajstić information content (AvgIpc) is 2.28. The van der Waals surface area contributed by atoms with Crippen molar-refractivity contribution in [1.82, 2.24) is 14.9 Å². The lowest BCUT2D eigenvalue weighted by Crippen LogP contribution is -2.52.